The van der Waals surface area contributed by atoms with Gasteiger partial charge >= 0.3 is 5.97 Å². The van der Waals surface area contributed by atoms with Crippen molar-refractivity contribution < 1.29 is 19.5 Å². The topological polar surface area (TPSA) is 69.9 Å². The number of carbonyl (C=O) groups is 1. The molecule has 0 aromatic heterocycles. The second-order valence-electron chi connectivity index (χ2n) is 7.80. The Balaban J connectivity index is 2.08. The molecule has 1 heterocycles. The van der Waals surface area contributed by atoms with Gasteiger partial charge in [0.25, 0.3) is 0 Å². The first-order valence-corrected chi connectivity index (χ1v) is 10.9. The molecular formula is C21H41N2O3+. The smallest absolute Gasteiger partial charge is 0.359 e. The summed E-state index contributed by atoms with van der Waals surface area (Å²) in [5.74, 6) is 0.191. The number of unbranched alkanes of at least 4 members (excludes halogenated alkanes) is 11. The van der Waals surface area contributed by atoms with Gasteiger partial charge in [0.05, 0.1) is 13.2 Å². The molecule has 0 amide bonds. The summed E-state index contributed by atoms with van der Waals surface area (Å²) >= 11 is 0. The molecule has 1 aliphatic rings. The molecule has 0 saturated carbocycles. The van der Waals surface area contributed by atoms with Crippen LogP contribution in [0.5, 0.6) is 0 Å². The first-order valence-electron chi connectivity index (χ1n) is 10.9. The van der Waals surface area contributed by atoms with E-state index in [2.05, 4.69) is 11.9 Å². The van der Waals surface area contributed by atoms with Crippen LogP contribution >= 0.6 is 0 Å². The summed E-state index contributed by atoms with van der Waals surface area (Å²) in [6.07, 6.45) is 16.7. The van der Waals surface area contributed by atoms with E-state index in [1.54, 1.807) is 0 Å². The van der Waals surface area contributed by atoms with Gasteiger partial charge in [-0.2, -0.15) is 0 Å². The largest absolute Gasteiger partial charge is 0.477 e. The third kappa shape index (κ3) is 9.13. The molecule has 0 spiro atoms. The van der Waals surface area contributed by atoms with E-state index in [9.17, 15) is 15.0 Å². The van der Waals surface area contributed by atoms with Crippen LogP contribution in [0.2, 0.25) is 0 Å². The number of amidine groups is 1. The Bertz CT molecular complexity index is 412. The lowest BCUT2D eigenvalue weighted by Crippen LogP contribution is -2.55. The minimum Gasteiger partial charge on any atom is -0.477 e. The third-order valence-electron chi connectivity index (χ3n) is 5.59. The van der Waals surface area contributed by atoms with E-state index in [-0.39, 0.29) is 13.2 Å². The zero-order chi connectivity index (χ0) is 19.1. The van der Waals surface area contributed by atoms with Crippen molar-refractivity contribution in [1.82, 2.24) is 0 Å². The van der Waals surface area contributed by atoms with Crippen LogP contribution in [0.25, 0.3) is 0 Å². The van der Waals surface area contributed by atoms with Crippen molar-refractivity contribution in [2.24, 2.45) is 4.99 Å². The zero-order valence-electron chi connectivity index (χ0n) is 16.9. The van der Waals surface area contributed by atoms with Gasteiger partial charge in [0.15, 0.2) is 12.4 Å². The van der Waals surface area contributed by atoms with E-state index in [4.69, 9.17) is 0 Å². The highest BCUT2D eigenvalue weighted by molar-refractivity contribution is 5.80. The minimum atomic E-state index is -0.803. The Morgan fingerprint density at radius 1 is 0.962 bits per heavy atom. The number of aliphatic imine (C=N–C) groups is 1. The number of hydrogen-bond donors (Lipinski definition) is 2. The number of quaternary nitrogens is 1. The summed E-state index contributed by atoms with van der Waals surface area (Å²) in [7, 11) is 0. The normalized spacial score (nSPS) is 19.7. The highest BCUT2D eigenvalue weighted by Gasteiger charge is 2.39. The molecule has 26 heavy (non-hydrogen) atoms. The first kappa shape index (κ1) is 23.1. The molecule has 5 heteroatoms. The molecule has 0 aliphatic carbocycles. The van der Waals surface area contributed by atoms with E-state index < -0.39 is 5.97 Å². The Morgan fingerprint density at radius 2 is 1.50 bits per heavy atom. The Labute approximate surface area is 160 Å². The maximum absolute atomic E-state index is 11.2. The second-order valence-corrected chi connectivity index (χ2v) is 7.80. The number of aliphatic carboxylic acids is 1. The predicted octanol–water partition coefficient (Wildman–Crippen LogP) is 4.38. The molecule has 1 atom stereocenters. The van der Waals surface area contributed by atoms with Crippen LogP contribution < -0.4 is 0 Å². The van der Waals surface area contributed by atoms with Crippen LogP contribution in [0.4, 0.5) is 0 Å². The lowest BCUT2D eigenvalue weighted by molar-refractivity contribution is -0.829. The first-order chi connectivity index (χ1) is 12.6. The number of aliphatic hydroxyl groups is 1. The summed E-state index contributed by atoms with van der Waals surface area (Å²) < 4.78 is 0.365. The van der Waals surface area contributed by atoms with E-state index >= 15 is 0 Å². The predicted molar refractivity (Wildman–Crippen MR) is 108 cm³/mol. The average molecular weight is 370 g/mol. The third-order valence-corrected chi connectivity index (χ3v) is 5.59. The average Bonchev–Trinajstić information content (AvgIpc) is 2.97. The molecule has 1 unspecified atom stereocenters. The number of aliphatic hydroxyl groups excluding tert-OH is 1. The molecule has 0 aromatic rings. The second kappa shape index (κ2) is 14.2. The minimum absolute atomic E-state index is 0.0186. The van der Waals surface area contributed by atoms with Gasteiger partial charge in [-0.1, -0.05) is 77.6 Å². The van der Waals surface area contributed by atoms with Crippen LogP contribution in [0.3, 0.4) is 0 Å². The SMILES string of the molecule is CCCCCCCCCCCCCCC1=NCC[N+]1(CCO)CC(=O)O. The standard InChI is InChI=1S/C21H40N2O3/c1-2-3-4-5-6-7-8-9-10-11-12-13-14-20-22-15-16-23(20,17-18-24)19-21(25)26/h24H,2-19H2,1H3/p+1. The number of rotatable bonds is 17. The van der Waals surface area contributed by atoms with Crippen molar-refractivity contribution in [2.75, 3.05) is 32.8 Å². The van der Waals surface area contributed by atoms with Gasteiger partial charge < -0.3 is 10.2 Å². The van der Waals surface area contributed by atoms with Crippen LogP contribution in [0.1, 0.15) is 90.4 Å². The van der Waals surface area contributed by atoms with Gasteiger partial charge in [0, 0.05) is 6.42 Å². The lowest BCUT2D eigenvalue weighted by atomic mass is 10.0. The van der Waals surface area contributed by atoms with Gasteiger partial charge in [-0.3, -0.25) is 4.48 Å². The maximum atomic E-state index is 11.2. The van der Waals surface area contributed by atoms with Crippen molar-refractivity contribution in [2.45, 2.75) is 90.4 Å². The summed E-state index contributed by atoms with van der Waals surface area (Å²) in [6.45, 7) is 4.23. The molecule has 5 nitrogen and oxygen atoms in total. The molecule has 1 rings (SSSR count). The molecule has 0 fully saturated rings. The zero-order valence-corrected chi connectivity index (χ0v) is 16.9. The molecule has 2 N–H and O–H groups in total. The number of hydrogen-bond acceptors (Lipinski definition) is 3. The summed E-state index contributed by atoms with van der Waals surface area (Å²) in [5, 5.41) is 18.5. The quantitative estimate of drug-likeness (QED) is 0.295. The molecule has 152 valence electrons. The monoisotopic (exact) mass is 369 g/mol. The van der Waals surface area contributed by atoms with Crippen LogP contribution in [-0.4, -0.2) is 59.3 Å². The van der Waals surface area contributed by atoms with Crippen molar-refractivity contribution in [3.8, 4) is 0 Å². The maximum Gasteiger partial charge on any atom is 0.359 e. The molecule has 1 aliphatic heterocycles. The van der Waals surface area contributed by atoms with Crippen molar-refractivity contribution in [3.63, 3.8) is 0 Å². The van der Waals surface area contributed by atoms with Crippen molar-refractivity contribution >= 4 is 11.8 Å². The van der Waals surface area contributed by atoms with Gasteiger partial charge in [-0.25, -0.2) is 9.79 Å². The van der Waals surface area contributed by atoms with Gasteiger partial charge in [0.2, 0.25) is 0 Å². The van der Waals surface area contributed by atoms with Crippen LogP contribution in [-0.2, 0) is 4.79 Å². The molecule has 0 aromatic carbocycles. The Hall–Kier alpha value is -0.940. The summed E-state index contributed by atoms with van der Waals surface area (Å²) in [4.78, 5) is 15.8. The fraction of sp³-hybridized carbons (Fsp3) is 0.905. The van der Waals surface area contributed by atoms with Crippen molar-refractivity contribution in [1.29, 1.82) is 0 Å². The van der Waals surface area contributed by atoms with E-state index in [1.807, 2.05) is 0 Å². The van der Waals surface area contributed by atoms with Crippen molar-refractivity contribution in [3.05, 3.63) is 0 Å². The molecule has 0 radical (unpaired) electrons. The molecular weight excluding hydrogens is 328 g/mol. The number of nitrogens with zero attached hydrogens (tertiary/aromatic N) is 2. The highest BCUT2D eigenvalue weighted by atomic mass is 16.4. The Morgan fingerprint density at radius 3 is 2.00 bits per heavy atom. The highest BCUT2D eigenvalue weighted by Crippen LogP contribution is 2.20. The fourth-order valence-corrected chi connectivity index (χ4v) is 4.03. The van der Waals surface area contributed by atoms with Crippen LogP contribution in [0.15, 0.2) is 4.99 Å². The molecule has 0 saturated heterocycles. The van der Waals surface area contributed by atoms with Gasteiger partial charge in [-0.15, -0.1) is 0 Å². The number of carboxylic acid groups (broad SMARTS) is 1. The number of carboxylic acids is 1. The Kier molecular flexibility index (Phi) is 12.6. The molecule has 0 bridgehead atoms. The van der Waals surface area contributed by atoms with E-state index in [0.29, 0.717) is 17.6 Å². The summed E-state index contributed by atoms with van der Waals surface area (Å²) in [5.41, 5.74) is 0. The lowest BCUT2D eigenvalue weighted by Gasteiger charge is -2.32. The van der Waals surface area contributed by atoms with E-state index in [0.717, 1.165) is 25.2 Å². The van der Waals surface area contributed by atoms with Gasteiger partial charge in [0.1, 0.15) is 13.1 Å². The van der Waals surface area contributed by atoms with Crippen LogP contribution in [0, 0.1) is 0 Å². The summed E-state index contributed by atoms with van der Waals surface area (Å²) in [6, 6.07) is 0. The van der Waals surface area contributed by atoms with Gasteiger partial charge in [-0.05, 0) is 6.42 Å². The fourth-order valence-electron chi connectivity index (χ4n) is 4.03. The van der Waals surface area contributed by atoms with E-state index in [1.165, 1.54) is 70.6 Å².